The van der Waals surface area contributed by atoms with Crippen LogP contribution in [0.5, 0.6) is 0 Å². The lowest BCUT2D eigenvalue weighted by molar-refractivity contribution is -0.141. The Morgan fingerprint density at radius 3 is 2.10 bits per heavy atom. The Labute approximate surface area is 245 Å². The van der Waals surface area contributed by atoms with E-state index < -0.39 is 16.1 Å². The monoisotopic (exact) mass is 577 g/mol. The summed E-state index contributed by atoms with van der Waals surface area (Å²) in [6.45, 7) is 8.20. The average Bonchev–Trinajstić information content (AvgIpc) is 2.94. The Morgan fingerprint density at radius 2 is 1.51 bits per heavy atom. The van der Waals surface area contributed by atoms with Crippen LogP contribution in [0, 0.1) is 13.8 Å². The third-order valence-corrected chi connectivity index (χ3v) is 8.43. The van der Waals surface area contributed by atoms with Crippen molar-refractivity contribution in [3.63, 3.8) is 0 Å². The van der Waals surface area contributed by atoms with E-state index in [9.17, 15) is 18.0 Å². The zero-order chi connectivity index (χ0) is 30.0. The van der Waals surface area contributed by atoms with Crippen molar-refractivity contribution in [3.8, 4) is 0 Å². The van der Waals surface area contributed by atoms with E-state index in [0.717, 1.165) is 28.7 Å². The van der Waals surface area contributed by atoms with Crippen molar-refractivity contribution in [2.75, 3.05) is 17.1 Å². The second-order valence-electron chi connectivity index (χ2n) is 10.8. The van der Waals surface area contributed by atoms with Gasteiger partial charge >= 0.3 is 0 Å². The molecule has 3 aromatic rings. The van der Waals surface area contributed by atoms with Crippen molar-refractivity contribution in [2.24, 2.45) is 0 Å². The molecule has 0 radical (unpaired) electrons. The number of aryl methyl sites for hydroxylation is 2. The first kappa shape index (κ1) is 31.9. The van der Waals surface area contributed by atoms with Gasteiger partial charge in [0.1, 0.15) is 6.04 Å². The predicted molar refractivity (Wildman–Crippen MR) is 166 cm³/mol. The molecule has 0 heterocycles. The maximum Gasteiger partial charge on any atom is 0.243 e. The number of nitrogens with zero attached hydrogens (tertiary/aromatic N) is 2. The number of carbonyl (C=O) groups is 2. The number of sulfonamides is 1. The lowest BCUT2D eigenvalue weighted by Gasteiger charge is -2.33. The van der Waals surface area contributed by atoms with Crippen LogP contribution in [0.25, 0.3) is 0 Å². The average molecular weight is 578 g/mol. The zero-order valence-corrected chi connectivity index (χ0v) is 25.7. The number of benzene rings is 3. The van der Waals surface area contributed by atoms with Crippen molar-refractivity contribution >= 4 is 27.5 Å². The topological polar surface area (TPSA) is 86.8 Å². The SMILES string of the molecule is CC[C@@H](C)NC(=O)[C@@H](Cc1ccccc1)N(Cc1ccccc1)C(=O)CCCN(c1cc(C)ccc1C)S(C)(=O)=O. The lowest BCUT2D eigenvalue weighted by Crippen LogP contribution is -2.52. The minimum absolute atomic E-state index is 0.0321. The van der Waals surface area contributed by atoms with E-state index in [2.05, 4.69) is 5.32 Å². The molecular weight excluding hydrogens is 534 g/mol. The van der Waals surface area contributed by atoms with Crippen molar-refractivity contribution in [3.05, 3.63) is 101 Å². The molecular formula is C33H43N3O4S. The molecule has 2 atom stereocenters. The van der Waals surface area contributed by atoms with E-state index in [1.165, 1.54) is 10.6 Å². The molecule has 7 nitrogen and oxygen atoms in total. The minimum Gasteiger partial charge on any atom is -0.352 e. The van der Waals surface area contributed by atoms with Crippen molar-refractivity contribution in [2.45, 2.75) is 72.0 Å². The molecule has 0 saturated heterocycles. The highest BCUT2D eigenvalue weighted by molar-refractivity contribution is 7.92. The van der Waals surface area contributed by atoms with Crippen LogP contribution in [-0.2, 0) is 32.6 Å². The minimum atomic E-state index is -3.57. The van der Waals surface area contributed by atoms with Crippen LogP contribution in [0.2, 0.25) is 0 Å². The van der Waals surface area contributed by atoms with Gasteiger partial charge in [-0.1, -0.05) is 79.7 Å². The summed E-state index contributed by atoms with van der Waals surface area (Å²) < 4.78 is 26.9. The first-order valence-corrected chi connectivity index (χ1v) is 16.1. The molecule has 0 aliphatic carbocycles. The predicted octanol–water partition coefficient (Wildman–Crippen LogP) is 5.40. The summed E-state index contributed by atoms with van der Waals surface area (Å²) in [4.78, 5) is 29.2. The van der Waals surface area contributed by atoms with Crippen LogP contribution in [0.1, 0.15) is 55.4 Å². The molecule has 41 heavy (non-hydrogen) atoms. The number of nitrogens with one attached hydrogen (secondary N) is 1. The highest BCUT2D eigenvalue weighted by atomic mass is 32.2. The highest BCUT2D eigenvalue weighted by Crippen LogP contribution is 2.25. The van der Waals surface area contributed by atoms with E-state index >= 15 is 0 Å². The molecule has 1 N–H and O–H groups in total. The largest absolute Gasteiger partial charge is 0.352 e. The van der Waals surface area contributed by atoms with E-state index in [1.807, 2.05) is 107 Å². The van der Waals surface area contributed by atoms with Crippen LogP contribution >= 0.6 is 0 Å². The Bertz CT molecular complexity index is 1390. The summed E-state index contributed by atoms with van der Waals surface area (Å²) in [7, 11) is -3.57. The zero-order valence-electron chi connectivity index (χ0n) is 24.8. The summed E-state index contributed by atoms with van der Waals surface area (Å²) in [5, 5.41) is 3.08. The normalized spacial score (nSPS) is 12.8. The summed E-state index contributed by atoms with van der Waals surface area (Å²) in [5.41, 5.74) is 4.31. The van der Waals surface area contributed by atoms with Gasteiger partial charge < -0.3 is 10.2 Å². The van der Waals surface area contributed by atoms with E-state index in [-0.39, 0.29) is 37.4 Å². The molecule has 0 aliphatic rings. The maximum absolute atomic E-state index is 13.9. The van der Waals surface area contributed by atoms with Crippen LogP contribution in [0.3, 0.4) is 0 Å². The molecule has 0 bridgehead atoms. The van der Waals surface area contributed by atoms with E-state index in [0.29, 0.717) is 18.5 Å². The number of amides is 2. The van der Waals surface area contributed by atoms with Gasteiger partial charge in [0.25, 0.3) is 0 Å². The van der Waals surface area contributed by atoms with Gasteiger partial charge in [-0.3, -0.25) is 13.9 Å². The fourth-order valence-corrected chi connectivity index (χ4v) is 5.76. The fourth-order valence-electron chi connectivity index (χ4n) is 4.75. The summed E-state index contributed by atoms with van der Waals surface area (Å²) >= 11 is 0. The Kier molecular flexibility index (Phi) is 11.5. The van der Waals surface area contributed by atoms with Crippen molar-refractivity contribution in [1.29, 1.82) is 0 Å². The Balaban J connectivity index is 1.89. The van der Waals surface area contributed by atoms with Crippen molar-refractivity contribution in [1.82, 2.24) is 10.2 Å². The van der Waals surface area contributed by atoms with Gasteiger partial charge in [0.2, 0.25) is 21.8 Å². The van der Waals surface area contributed by atoms with Gasteiger partial charge in [0.15, 0.2) is 0 Å². The lowest BCUT2D eigenvalue weighted by atomic mass is 10.0. The third-order valence-electron chi connectivity index (χ3n) is 7.25. The van der Waals surface area contributed by atoms with Gasteiger partial charge in [0.05, 0.1) is 11.9 Å². The molecule has 220 valence electrons. The molecule has 0 aromatic heterocycles. The number of hydrogen-bond acceptors (Lipinski definition) is 4. The third kappa shape index (κ3) is 9.46. The number of anilines is 1. The van der Waals surface area contributed by atoms with Crippen molar-refractivity contribution < 1.29 is 18.0 Å². The summed E-state index contributed by atoms with van der Waals surface area (Å²) in [6, 6.07) is 24.3. The standard InChI is InChI=1S/C33H43N3O4S/c1-6-27(4)34-33(38)31(23-28-14-9-7-10-15-28)35(24-29-16-11-8-12-17-29)32(37)18-13-21-36(41(5,39)40)30-22-25(2)19-20-26(30)3/h7-12,14-17,19-20,22,27,31H,6,13,18,21,23-24H2,1-5H3,(H,34,38)/t27-,31-/m1/s1. The first-order chi connectivity index (χ1) is 19.5. The van der Waals surface area contributed by atoms with Crippen LogP contribution in [0.4, 0.5) is 5.69 Å². The Hall–Kier alpha value is -3.65. The summed E-state index contributed by atoms with van der Waals surface area (Å²) in [6.07, 6.45) is 2.75. The molecule has 0 aliphatic heterocycles. The van der Waals surface area contributed by atoms with Gasteiger partial charge in [-0.05, 0) is 61.9 Å². The summed E-state index contributed by atoms with van der Waals surface area (Å²) in [5.74, 6) is -0.385. The number of rotatable bonds is 14. The van der Waals surface area contributed by atoms with Crippen LogP contribution in [0.15, 0.2) is 78.9 Å². The van der Waals surface area contributed by atoms with E-state index in [4.69, 9.17) is 0 Å². The van der Waals surface area contributed by atoms with Crippen LogP contribution < -0.4 is 9.62 Å². The molecule has 3 aromatic carbocycles. The van der Waals surface area contributed by atoms with Gasteiger partial charge in [-0.25, -0.2) is 8.42 Å². The molecule has 0 fully saturated rings. The second-order valence-corrected chi connectivity index (χ2v) is 12.7. The molecule has 2 amide bonds. The van der Waals surface area contributed by atoms with Gasteiger partial charge in [0, 0.05) is 32.0 Å². The fraction of sp³-hybridized carbons (Fsp3) is 0.394. The molecule has 3 rings (SSSR count). The first-order valence-electron chi connectivity index (χ1n) is 14.2. The van der Waals surface area contributed by atoms with Gasteiger partial charge in [-0.2, -0.15) is 0 Å². The molecule has 0 unspecified atom stereocenters. The highest BCUT2D eigenvalue weighted by Gasteiger charge is 2.31. The maximum atomic E-state index is 13.9. The second kappa shape index (κ2) is 14.8. The number of carbonyl (C=O) groups excluding carboxylic acids is 2. The number of hydrogen-bond donors (Lipinski definition) is 1. The molecule has 8 heteroatoms. The Morgan fingerprint density at radius 1 is 0.902 bits per heavy atom. The molecule has 0 saturated carbocycles. The van der Waals surface area contributed by atoms with Crippen LogP contribution in [-0.4, -0.2) is 50.0 Å². The van der Waals surface area contributed by atoms with E-state index in [1.54, 1.807) is 4.90 Å². The molecule has 0 spiro atoms. The van der Waals surface area contributed by atoms with Gasteiger partial charge in [-0.15, -0.1) is 0 Å². The quantitative estimate of drug-likeness (QED) is 0.278. The smallest absolute Gasteiger partial charge is 0.243 e.